The third-order valence-corrected chi connectivity index (χ3v) is 5.14. The van der Waals surface area contributed by atoms with E-state index in [4.69, 9.17) is 5.73 Å². The fourth-order valence-electron chi connectivity index (χ4n) is 2.05. The number of aryl methyl sites for hydroxylation is 2. The van der Waals surface area contributed by atoms with Gasteiger partial charge in [0.25, 0.3) is 5.91 Å². The van der Waals surface area contributed by atoms with Crippen molar-refractivity contribution in [3.63, 3.8) is 0 Å². The molecule has 0 bridgehead atoms. The molecule has 0 aliphatic carbocycles. The maximum absolute atomic E-state index is 11.1. The molecule has 0 saturated carbocycles. The van der Waals surface area contributed by atoms with Crippen molar-refractivity contribution in [2.45, 2.75) is 26.8 Å². The smallest absolute Gasteiger partial charge is 0.268 e. The first-order valence-corrected chi connectivity index (χ1v) is 8.51. The van der Waals surface area contributed by atoms with Crippen molar-refractivity contribution in [1.82, 2.24) is 15.0 Å². The highest BCUT2D eigenvalue weighted by atomic mass is 32.1. The van der Waals surface area contributed by atoms with Crippen molar-refractivity contribution >= 4 is 44.6 Å². The zero-order valence-electron chi connectivity index (χ0n) is 12.2. The van der Waals surface area contributed by atoms with Gasteiger partial charge in [-0.25, -0.2) is 15.0 Å². The second-order valence-corrected chi connectivity index (χ2v) is 6.81. The third-order valence-electron chi connectivity index (χ3n) is 3.12. The van der Waals surface area contributed by atoms with E-state index < -0.39 is 5.91 Å². The number of nitrogens with one attached hydrogen (secondary N) is 1. The van der Waals surface area contributed by atoms with Crippen LogP contribution in [0.25, 0.3) is 10.2 Å². The second kappa shape index (κ2) is 5.98. The van der Waals surface area contributed by atoms with Crippen LogP contribution in [0.15, 0.2) is 11.4 Å². The number of hydrogen-bond acceptors (Lipinski definition) is 7. The van der Waals surface area contributed by atoms with Gasteiger partial charge in [0, 0.05) is 10.3 Å². The predicted molar refractivity (Wildman–Crippen MR) is 89.5 cm³/mol. The van der Waals surface area contributed by atoms with Crippen molar-refractivity contribution < 1.29 is 4.79 Å². The lowest BCUT2D eigenvalue weighted by Gasteiger charge is -2.05. The number of anilines is 1. The summed E-state index contributed by atoms with van der Waals surface area (Å²) < 4.78 is 0. The number of carbonyl (C=O) groups excluding carboxylic acids is 1. The Kier molecular flexibility index (Phi) is 4.04. The summed E-state index contributed by atoms with van der Waals surface area (Å²) in [6, 6.07) is 2.12. The molecule has 8 heteroatoms. The lowest BCUT2D eigenvalue weighted by Crippen LogP contribution is -2.11. The molecular formula is C14H15N5OS2. The summed E-state index contributed by atoms with van der Waals surface area (Å²) in [6.45, 7) is 4.50. The van der Waals surface area contributed by atoms with Crippen molar-refractivity contribution in [2.75, 3.05) is 5.32 Å². The summed E-state index contributed by atoms with van der Waals surface area (Å²) in [6.07, 6.45) is 0.980. The molecule has 0 saturated heterocycles. The number of amides is 1. The van der Waals surface area contributed by atoms with Crippen LogP contribution >= 0.6 is 22.7 Å². The minimum atomic E-state index is -0.506. The number of nitrogens with two attached hydrogens (primary N) is 1. The first-order chi connectivity index (χ1) is 10.6. The number of fused-ring (bicyclic) bond motifs is 1. The molecule has 6 nitrogen and oxygen atoms in total. The largest absolute Gasteiger partial charge is 0.364 e. The van der Waals surface area contributed by atoms with Gasteiger partial charge in [-0.2, -0.15) is 0 Å². The Balaban J connectivity index is 1.86. The molecular weight excluding hydrogens is 318 g/mol. The Morgan fingerprint density at radius 1 is 1.36 bits per heavy atom. The molecule has 0 radical (unpaired) electrons. The van der Waals surface area contributed by atoms with Crippen LogP contribution < -0.4 is 11.1 Å². The maximum atomic E-state index is 11.1. The molecule has 22 heavy (non-hydrogen) atoms. The Hall–Kier alpha value is -2.06. The van der Waals surface area contributed by atoms with E-state index in [9.17, 15) is 4.79 Å². The molecule has 0 aliphatic rings. The molecule has 0 atom stereocenters. The fourth-order valence-corrected chi connectivity index (χ4v) is 3.79. The summed E-state index contributed by atoms with van der Waals surface area (Å²) in [5.41, 5.74) is 5.51. The zero-order valence-corrected chi connectivity index (χ0v) is 13.8. The molecule has 3 aromatic rings. The number of thiophene rings is 1. The lowest BCUT2D eigenvalue weighted by molar-refractivity contribution is 0.0996. The molecule has 0 fully saturated rings. The summed E-state index contributed by atoms with van der Waals surface area (Å²) >= 11 is 3.09. The SMILES string of the molecule is CCc1cc2c(NCc3nc(C(N)=O)cs3)nc(C)nc2s1. The number of rotatable bonds is 5. The highest BCUT2D eigenvalue weighted by Crippen LogP contribution is 2.29. The van der Waals surface area contributed by atoms with Crippen molar-refractivity contribution in [3.8, 4) is 0 Å². The minimum Gasteiger partial charge on any atom is -0.364 e. The number of nitrogens with zero attached hydrogens (tertiary/aromatic N) is 3. The standard InChI is InChI=1S/C14H15N5OS2/c1-3-8-4-9-13(17-7(2)18-14(9)22-8)16-5-11-19-10(6-21-11)12(15)20/h4,6H,3,5H2,1-2H3,(H2,15,20)(H,16,17,18). The van der Waals surface area contributed by atoms with Gasteiger partial charge < -0.3 is 11.1 Å². The first-order valence-electron chi connectivity index (χ1n) is 6.82. The normalized spacial score (nSPS) is 11.0. The van der Waals surface area contributed by atoms with Crippen LogP contribution in [0.2, 0.25) is 0 Å². The Morgan fingerprint density at radius 2 is 2.18 bits per heavy atom. The molecule has 3 aromatic heterocycles. The number of thiazole rings is 1. The van der Waals surface area contributed by atoms with Gasteiger partial charge in [0.2, 0.25) is 0 Å². The molecule has 3 N–H and O–H groups in total. The zero-order chi connectivity index (χ0) is 15.7. The molecule has 1 amide bonds. The first kappa shape index (κ1) is 14.9. The summed E-state index contributed by atoms with van der Waals surface area (Å²) in [4.78, 5) is 26.5. The molecule has 0 unspecified atom stereocenters. The van der Waals surface area contributed by atoms with Crippen LogP contribution in [0.5, 0.6) is 0 Å². The van der Waals surface area contributed by atoms with E-state index in [1.165, 1.54) is 16.2 Å². The number of primary amides is 1. The Labute approximate surface area is 135 Å². The summed E-state index contributed by atoms with van der Waals surface area (Å²) in [5.74, 6) is 1.03. The second-order valence-electron chi connectivity index (χ2n) is 4.75. The van der Waals surface area contributed by atoms with Gasteiger partial charge in [0.15, 0.2) is 0 Å². The van der Waals surface area contributed by atoms with Gasteiger partial charge in [0.1, 0.15) is 27.2 Å². The molecule has 0 spiro atoms. The maximum Gasteiger partial charge on any atom is 0.268 e. The van der Waals surface area contributed by atoms with Crippen LogP contribution in [0.1, 0.15) is 33.1 Å². The average Bonchev–Trinajstić information content (AvgIpc) is 3.10. The van der Waals surface area contributed by atoms with Crippen LogP contribution in [0.3, 0.4) is 0 Å². The van der Waals surface area contributed by atoms with E-state index in [0.717, 1.165) is 33.3 Å². The predicted octanol–water partition coefficient (Wildman–Crippen LogP) is 2.73. The van der Waals surface area contributed by atoms with Crippen LogP contribution in [0.4, 0.5) is 5.82 Å². The van der Waals surface area contributed by atoms with Gasteiger partial charge in [0.05, 0.1) is 11.9 Å². The molecule has 114 valence electrons. The topological polar surface area (TPSA) is 93.8 Å². The highest BCUT2D eigenvalue weighted by Gasteiger charge is 2.11. The van der Waals surface area contributed by atoms with Crippen molar-refractivity contribution in [2.24, 2.45) is 5.73 Å². The van der Waals surface area contributed by atoms with E-state index in [-0.39, 0.29) is 0 Å². The highest BCUT2D eigenvalue weighted by molar-refractivity contribution is 7.18. The van der Waals surface area contributed by atoms with Gasteiger partial charge >= 0.3 is 0 Å². The van der Waals surface area contributed by atoms with Gasteiger partial charge in [-0.3, -0.25) is 4.79 Å². The number of aromatic nitrogens is 3. The number of carbonyl (C=O) groups is 1. The summed E-state index contributed by atoms with van der Waals surface area (Å²) in [5, 5.41) is 6.77. The molecule has 0 aromatic carbocycles. The lowest BCUT2D eigenvalue weighted by atomic mass is 10.3. The van der Waals surface area contributed by atoms with Gasteiger partial charge in [-0.1, -0.05) is 6.92 Å². The van der Waals surface area contributed by atoms with Gasteiger partial charge in [-0.05, 0) is 19.4 Å². The Bertz CT molecular complexity index is 839. The van der Waals surface area contributed by atoms with Crippen LogP contribution in [-0.4, -0.2) is 20.9 Å². The van der Waals surface area contributed by atoms with E-state index in [0.29, 0.717) is 12.2 Å². The van der Waals surface area contributed by atoms with E-state index in [1.54, 1.807) is 16.7 Å². The van der Waals surface area contributed by atoms with Crippen LogP contribution in [-0.2, 0) is 13.0 Å². The average molecular weight is 333 g/mol. The monoisotopic (exact) mass is 333 g/mol. The quantitative estimate of drug-likeness (QED) is 0.749. The Morgan fingerprint density at radius 3 is 2.86 bits per heavy atom. The third kappa shape index (κ3) is 2.93. The van der Waals surface area contributed by atoms with E-state index in [1.807, 2.05) is 6.92 Å². The van der Waals surface area contributed by atoms with E-state index >= 15 is 0 Å². The number of hydrogen-bond donors (Lipinski definition) is 2. The molecule has 0 aliphatic heterocycles. The van der Waals surface area contributed by atoms with Crippen LogP contribution in [0, 0.1) is 6.92 Å². The minimum absolute atomic E-state index is 0.301. The van der Waals surface area contributed by atoms with Gasteiger partial charge in [-0.15, -0.1) is 22.7 Å². The summed E-state index contributed by atoms with van der Waals surface area (Å²) in [7, 11) is 0. The van der Waals surface area contributed by atoms with E-state index in [2.05, 4.69) is 33.3 Å². The fraction of sp³-hybridized carbons (Fsp3) is 0.286. The molecule has 3 rings (SSSR count). The van der Waals surface area contributed by atoms with Crippen molar-refractivity contribution in [1.29, 1.82) is 0 Å². The van der Waals surface area contributed by atoms with Crippen molar-refractivity contribution in [3.05, 3.63) is 32.8 Å². The molecule has 3 heterocycles.